The molecule has 0 saturated heterocycles. The van der Waals surface area contributed by atoms with Crippen LogP contribution in [0.2, 0.25) is 5.02 Å². The summed E-state index contributed by atoms with van der Waals surface area (Å²) in [5.74, 6) is -8.55. The Balaban J connectivity index is 2.42. The summed E-state index contributed by atoms with van der Waals surface area (Å²) < 4.78 is 147. The first-order valence-corrected chi connectivity index (χ1v) is 10.8. The molecule has 2 N–H and O–H groups in total. The maximum atomic E-state index is 14.8. The number of carbonyl (C=O) groups excluding carboxylic acids is 2. The molecular formula is C23H16ClF11N2O2. The van der Waals surface area contributed by atoms with Gasteiger partial charge >= 0.3 is 18.5 Å². The van der Waals surface area contributed by atoms with E-state index in [9.17, 15) is 57.9 Å². The fourth-order valence-corrected chi connectivity index (χ4v) is 3.32. The number of hydrogen-bond acceptors (Lipinski definition) is 2. The Labute approximate surface area is 217 Å². The number of allylic oxidation sites excluding steroid dienone is 1. The van der Waals surface area contributed by atoms with Gasteiger partial charge in [0.25, 0.3) is 5.91 Å². The van der Waals surface area contributed by atoms with Crippen LogP contribution >= 0.6 is 11.6 Å². The van der Waals surface area contributed by atoms with Crippen LogP contribution in [0.1, 0.15) is 39.9 Å². The van der Waals surface area contributed by atoms with Crippen LogP contribution in [0.25, 0.3) is 5.83 Å². The SMILES string of the molecule is C[C@@H](NC(=O)c1ccc(/C(F)=C/C(c2ccc(F)c(Cl)c2)C(F)(F)F)cc1C(F)(F)F)C(=O)NCC(F)(F)F. The van der Waals surface area contributed by atoms with Gasteiger partial charge in [0.15, 0.2) is 0 Å². The molecule has 0 aliphatic rings. The fraction of sp³-hybridized carbons (Fsp3) is 0.304. The lowest BCUT2D eigenvalue weighted by molar-refractivity contribution is -0.140. The third-order valence-electron chi connectivity index (χ3n) is 5.02. The minimum atomic E-state index is -5.35. The lowest BCUT2D eigenvalue weighted by atomic mass is 9.95. The highest BCUT2D eigenvalue weighted by atomic mass is 35.5. The highest BCUT2D eigenvalue weighted by Crippen LogP contribution is 2.40. The average Bonchev–Trinajstić information content (AvgIpc) is 2.80. The van der Waals surface area contributed by atoms with Crippen molar-refractivity contribution in [3.05, 3.63) is 75.6 Å². The zero-order valence-corrected chi connectivity index (χ0v) is 20.0. The largest absolute Gasteiger partial charge is 0.417 e. The number of nitrogens with one attached hydrogen (secondary N) is 2. The molecule has 0 saturated carbocycles. The van der Waals surface area contributed by atoms with Gasteiger partial charge < -0.3 is 10.6 Å². The van der Waals surface area contributed by atoms with Gasteiger partial charge in [0.1, 0.15) is 30.1 Å². The summed E-state index contributed by atoms with van der Waals surface area (Å²) in [5, 5.41) is 2.46. The molecule has 0 bridgehead atoms. The van der Waals surface area contributed by atoms with Gasteiger partial charge in [-0.05, 0) is 42.8 Å². The minimum absolute atomic E-state index is 0.0419. The molecule has 0 radical (unpaired) electrons. The summed E-state index contributed by atoms with van der Waals surface area (Å²) in [6, 6.07) is 1.09. The van der Waals surface area contributed by atoms with Crippen molar-refractivity contribution in [1.82, 2.24) is 10.6 Å². The summed E-state index contributed by atoms with van der Waals surface area (Å²) in [6.07, 6.45) is -15.4. The Bertz CT molecular complexity index is 1250. The molecule has 2 atom stereocenters. The number of carbonyl (C=O) groups is 2. The van der Waals surface area contributed by atoms with Crippen molar-refractivity contribution in [2.24, 2.45) is 0 Å². The van der Waals surface area contributed by atoms with Crippen LogP contribution in [0.3, 0.4) is 0 Å². The molecule has 0 spiro atoms. The monoisotopic (exact) mass is 596 g/mol. The Kier molecular flexibility index (Phi) is 9.64. The van der Waals surface area contributed by atoms with Crippen LogP contribution in [-0.4, -0.2) is 36.8 Å². The topological polar surface area (TPSA) is 58.2 Å². The number of alkyl halides is 9. The lowest BCUT2D eigenvalue weighted by Crippen LogP contribution is -2.47. The number of halogens is 12. The second kappa shape index (κ2) is 11.8. The van der Waals surface area contributed by atoms with E-state index in [1.807, 2.05) is 0 Å². The van der Waals surface area contributed by atoms with Crippen LogP contribution in [0, 0.1) is 5.82 Å². The molecule has 214 valence electrons. The molecule has 0 aliphatic carbocycles. The van der Waals surface area contributed by atoms with Crippen LogP contribution in [-0.2, 0) is 11.0 Å². The van der Waals surface area contributed by atoms with E-state index in [1.54, 1.807) is 5.32 Å². The van der Waals surface area contributed by atoms with Crippen molar-refractivity contribution in [3.8, 4) is 0 Å². The molecule has 0 heterocycles. The van der Waals surface area contributed by atoms with Crippen molar-refractivity contribution < 1.29 is 57.9 Å². The van der Waals surface area contributed by atoms with Crippen molar-refractivity contribution in [2.45, 2.75) is 37.4 Å². The van der Waals surface area contributed by atoms with Crippen LogP contribution < -0.4 is 10.6 Å². The van der Waals surface area contributed by atoms with Gasteiger partial charge in [0.2, 0.25) is 5.91 Å². The first-order valence-electron chi connectivity index (χ1n) is 10.5. The van der Waals surface area contributed by atoms with Gasteiger partial charge in [0.05, 0.1) is 16.1 Å². The molecule has 2 amide bonds. The van der Waals surface area contributed by atoms with Crippen molar-refractivity contribution in [3.63, 3.8) is 0 Å². The van der Waals surface area contributed by atoms with Gasteiger partial charge in [-0.15, -0.1) is 0 Å². The molecular weight excluding hydrogens is 581 g/mol. The Morgan fingerprint density at radius 3 is 2.10 bits per heavy atom. The fourth-order valence-electron chi connectivity index (χ4n) is 3.13. The molecule has 2 rings (SSSR count). The third-order valence-corrected chi connectivity index (χ3v) is 5.31. The smallest absolute Gasteiger partial charge is 0.345 e. The van der Waals surface area contributed by atoms with E-state index in [0.717, 1.165) is 6.92 Å². The Morgan fingerprint density at radius 1 is 0.974 bits per heavy atom. The minimum Gasteiger partial charge on any atom is -0.345 e. The molecule has 39 heavy (non-hydrogen) atoms. The van der Waals surface area contributed by atoms with Crippen molar-refractivity contribution in [2.75, 3.05) is 6.54 Å². The third kappa shape index (κ3) is 8.83. The number of amides is 2. The van der Waals surface area contributed by atoms with E-state index < -0.39 is 87.8 Å². The van der Waals surface area contributed by atoms with E-state index >= 15 is 0 Å². The second-order valence-electron chi connectivity index (χ2n) is 7.99. The number of rotatable bonds is 7. The zero-order chi connectivity index (χ0) is 29.9. The van der Waals surface area contributed by atoms with Gasteiger partial charge in [-0.2, -0.15) is 39.5 Å². The van der Waals surface area contributed by atoms with Gasteiger partial charge in [-0.25, -0.2) is 8.78 Å². The quantitative estimate of drug-likeness (QED) is 0.340. The maximum Gasteiger partial charge on any atom is 0.417 e. The Hall–Kier alpha value is -3.36. The number of benzene rings is 2. The van der Waals surface area contributed by atoms with Gasteiger partial charge in [-0.3, -0.25) is 9.59 Å². The zero-order valence-electron chi connectivity index (χ0n) is 19.3. The van der Waals surface area contributed by atoms with Crippen molar-refractivity contribution >= 4 is 29.2 Å². The summed E-state index contributed by atoms with van der Waals surface area (Å²) in [7, 11) is 0. The highest BCUT2D eigenvalue weighted by molar-refractivity contribution is 6.30. The molecule has 2 aromatic carbocycles. The summed E-state index contributed by atoms with van der Waals surface area (Å²) >= 11 is 5.48. The molecule has 4 nitrogen and oxygen atoms in total. The predicted octanol–water partition coefficient (Wildman–Crippen LogP) is 6.95. The molecule has 0 aliphatic heterocycles. The average molecular weight is 597 g/mol. The Morgan fingerprint density at radius 2 is 1.59 bits per heavy atom. The lowest BCUT2D eigenvalue weighted by Gasteiger charge is -2.19. The van der Waals surface area contributed by atoms with E-state index in [0.29, 0.717) is 30.3 Å². The molecule has 1 unspecified atom stereocenters. The summed E-state index contributed by atoms with van der Waals surface area (Å²) in [4.78, 5) is 24.0. The van der Waals surface area contributed by atoms with Crippen LogP contribution in [0.4, 0.5) is 48.3 Å². The summed E-state index contributed by atoms with van der Waals surface area (Å²) in [5.41, 5.74) is -4.73. The van der Waals surface area contributed by atoms with Gasteiger partial charge in [-0.1, -0.05) is 23.7 Å². The van der Waals surface area contributed by atoms with Crippen LogP contribution in [0.15, 0.2) is 42.5 Å². The number of hydrogen-bond donors (Lipinski definition) is 2. The van der Waals surface area contributed by atoms with E-state index in [1.165, 1.54) is 5.32 Å². The molecule has 0 fully saturated rings. The molecule has 2 aromatic rings. The van der Waals surface area contributed by atoms with Crippen molar-refractivity contribution in [1.29, 1.82) is 0 Å². The van der Waals surface area contributed by atoms with Crippen LogP contribution in [0.5, 0.6) is 0 Å². The second-order valence-corrected chi connectivity index (χ2v) is 8.40. The standard InChI is InChI=1S/C23H16ClF11N2O2/c1-10(19(38)36-9-21(27,28)29)37-20(39)13-4-2-12(6-15(13)23(33,34)35)18(26)8-14(22(30,31)32)11-3-5-17(25)16(24)7-11/h2-8,10,14H,9H2,1H3,(H,36,38)(H,37,39)/b18-8-/t10-,14?/m1/s1. The first-order chi connectivity index (χ1) is 17.7. The predicted molar refractivity (Wildman–Crippen MR) is 117 cm³/mol. The normalized spacial score (nSPS) is 14.5. The molecule has 0 aromatic heterocycles. The van der Waals surface area contributed by atoms with E-state index in [2.05, 4.69) is 0 Å². The van der Waals surface area contributed by atoms with Gasteiger partial charge in [0, 0.05) is 5.56 Å². The maximum absolute atomic E-state index is 14.8. The summed E-state index contributed by atoms with van der Waals surface area (Å²) in [6.45, 7) is -0.893. The van der Waals surface area contributed by atoms with E-state index in [4.69, 9.17) is 11.6 Å². The first kappa shape index (κ1) is 31.9. The highest BCUT2D eigenvalue weighted by Gasteiger charge is 2.41. The molecule has 16 heteroatoms. The van der Waals surface area contributed by atoms with E-state index in [-0.39, 0.29) is 12.1 Å².